The van der Waals surface area contributed by atoms with Gasteiger partial charge in [0.05, 0.1) is 18.4 Å². The molecule has 0 aliphatic carbocycles. The molecule has 0 radical (unpaired) electrons. The van der Waals surface area contributed by atoms with E-state index in [2.05, 4.69) is 64.4 Å². The molecular weight excluding hydrogens is 450 g/mol. The average Bonchev–Trinajstić information content (AvgIpc) is 2.90. The lowest BCUT2D eigenvalue weighted by Crippen LogP contribution is -2.23. The standard InChI is InChI=1S/C29H37N5O2/c1-6-8-21(3)9-10-22(4)16-32-29-26(15-24(7-2)28-30-17-23(5)18-31-28)27(33-20-34-29)19-36-25-11-13-35-14-12-25/h7-10,15,17-18,20,25H,2,4,6,11-14,16,19H2,1,3,5H3,(H,32,33,34)/b10-9-,21-8+,24-15+. The van der Waals surface area contributed by atoms with Crippen LogP contribution in [0.4, 0.5) is 5.82 Å². The minimum atomic E-state index is 0.158. The van der Waals surface area contributed by atoms with Crippen molar-refractivity contribution in [3.63, 3.8) is 0 Å². The summed E-state index contributed by atoms with van der Waals surface area (Å²) in [6.07, 6.45) is 18.1. The van der Waals surface area contributed by atoms with Crippen molar-refractivity contribution < 1.29 is 9.47 Å². The van der Waals surface area contributed by atoms with Gasteiger partial charge in [-0.1, -0.05) is 50.0 Å². The molecule has 1 aliphatic heterocycles. The molecule has 1 aliphatic rings. The molecule has 36 heavy (non-hydrogen) atoms. The number of allylic oxidation sites excluding steroid dienone is 5. The predicted molar refractivity (Wildman–Crippen MR) is 146 cm³/mol. The number of nitrogens with one attached hydrogen (secondary N) is 1. The van der Waals surface area contributed by atoms with Gasteiger partial charge in [-0.05, 0) is 50.3 Å². The van der Waals surface area contributed by atoms with Crippen molar-refractivity contribution in [3.05, 3.63) is 90.0 Å². The zero-order valence-electron chi connectivity index (χ0n) is 21.7. The summed E-state index contributed by atoms with van der Waals surface area (Å²) in [4.78, 5) is 18.0. The summed E-state index contributed by atoms with van der Waals surface area (Å²) in [5.41, 5.74) is 5.53. The summed E-state index contributed by atoms with van der Waals surface area (Å²) >= 11 is 0. The van der Waals surface area contributed by atoms with E-state index in [1.54, 1.807) is 24.8 Å². The van der Waals surface area contributed by atoms with Crippen LogP contribution >= 0.6 is 0 Å². The van der Waals surface area contributed by atoms with Gasteiger partial charge in [0.15, 0.2) is 5.82 Å². The largest absolute Gasteiger partial charge is 0.381 e. The van der Waals surface area contributed by atoms with Crippen LogP contribution in [0.3, 0.4) is 0 Å². The Labute approximate surface area is 214 Å². The maximum Gasteiger partial charge on any atom is 0.159 e. The second kappa shape index (κ2) is 14.2. The molecule has 2 aromatic rings. The third-order valence-corrected chi connectivity index (χ3v) is 5.74. The molecule has 1 saturated heterocycles. The number of rotatable bonds is 12. The molecule has 0 atom stereocenters. The third kappa shape index (κ3) is 8.36. The summed E-state index contributed by atoms with van der Waals surface area (Å²) in [5, 5.41) is 3.42. The maximum atomic E-state index is 6.20. The van der Waals surface area contributed by atoms with Gasteiger partial charge in [0.1, 0.15) is 12.1 Å². The predicted octanol–water partition coefficient (Wildman–Crippen LogP) is 5.88. The van der Waals surface area contributed by atoms with Crippen LogP contribution in [-0.4, -0.2) is 45.8 Å². The van der Waals surface area contributed by atoms with E-state index in [1.165, 1.54) is 5.57 Å². The van der Waals surface area contributed by atoms with E-state index in [-0.39, 0.29) is 6.10 Å². The normalized spacial score (nSPS) is 15.3. The highest BCUT2D eigenvalue weighted by molar-refractivity contribution is 5.87. The van der Waals surface area contributed by atoms with Gasteiger partial charge in [0.2, 0.25) is 0 Å². The average molecular weight is 488 g/mol. The number of nitrogens with zero attached hydrogens (tertiary/aromatic N) is 4. The highest BCUT2D eigenvalue weighted by atomic mass is 16.5. The van der Waals surface area contributed by atoms with Gasteiger partial charge in [-0.3, -0.25) is 0 Å². The van der Waals surface area contributed by atoms with E-state index in [1.807, 2.05) is 19.1 Å². The molecule has 190 valence electrons. The van der Waals surface area contributed by atoms with E-state index in [0.29, 0.717) is 24.8 Å². The van der Waals surface area contributed by atoms with Crippen LogP contribution in [0.25, 0.3) is 11.6 Å². The first-order valence-corrected chi connectivity index (χ1v) is 12.4. The topological polar surface area (TPSA) is 82.0 Å². The molecule has 1 fully saturated rings. The van der Waals surface area contributed by atoms with Crippen LogP contribution in [-0.2, 0) is 16.1 Å². The van der Waals surface area contributed by atoms with Crippen LogP contribution in [0, 0.1) is 6.92 Å². The zero-order chi connectivity index (χ0) is 25.8. The molecule has 0 amide bonds. The number of aryl methyl sites for hydroxylation is 1. The van der Waals surface area contributed by atoms with Crippen molar-refractivity contribution in [2.75, 3.05) is 25.1 Å². The van der Waals surface area contributed by atoms with Crippen LogP contribution in [0.2, 0.25) is 0 Å². The third-order valence-electron chi connectivity index (χ3n) is 5.74. The molecule has 1 N–H and O–H groups in total. The summed E-state index contributed by atoms with van der Waals surface area (Å²) in [6.45, 7) is 16.7. The van der Waals surface area contributed by atoms with Crippen molar-refractivity contribution in [1.29, 1.82) is 0 Å². The molecule has 0 aromatic carbocycles. The molecule has 0 unspecified atom stereocenters. The van der Waals surface area contributed by atoms with E-state index in [4.69, 9.17) is 9.47 Å². The first kappa shape index (κ1) is 27.2. The van der Waals surface area contributed by atoms with Gasteiger partial charge in [0.25, 0.3) is 0 Å². The summed E-state index contributed by atoms with van der Waals surface area (Å²) in [6, 6.07) is 0. The van der Waals surface area contributed by atoms with Crippen molar-refractivity contribution in [1.82, 2.24) is 19.9 Å². The number of hydrogen-bond donors (Lipinski definition) is 1. The van der Waals surface area contributed by atoms with Gasteiger partial charge in [-0.25, -0.2) is 19.9 Å². The molecular formula is C29H37N5O2. The lowest BCUT2D eigenvalue weighted by atomic mass is 10.1. The van der Waals surface area contributed by atoms with Gasteiger partial charge < -0.3 is 14.8 Å². The lowest BCUT2D eigenvalue weighted by molar-refractivity contribution is -0.0400. The fourth-order valence-corrected chi connectivity index (χ4v) is 3.69. The fourth-order valence-electron chi connectivity index (χ4n) is 3.69. The fraction of sp³-hybridized carbons (Fsp3) is 0.379. The first-order chi connectivity index (χ1) is 17.5. The molecule has 3 rings (SSSR count). The maximum absolute atomic E-state index is 6.20. The molecule has 0 saturated carbocycles. The van der Waals surface area contributed by atoms with E-state index in [0.717, 1.165) is 60.4 Å². The Morgan fingerprint density at radius 1 is 1.17 bits per heavy atom. The Kier molecular flexibility index (Phi) is 10.7. The van der Waals surface area contributed by atoms with Gasteiger partial charge in [-0.2, -0.15) is 0 Å². The van der Waals surface area contributed by atoms with E-state index < -0.39 is 0 Å². The van der Waals surface area contributed by atoms with Crippen LogP contribution in [0.5, 0.6) is 0 Å². The Morgan fingerprint density at radius 2 is 1.92 bits per heavy atom. The minimum Gasteiger partial charge on any atom is -0.381 e. The van der Waals surface area contributed by atoms with E-state index >= 15 is 0 Å². The summed E-state index contributed by atoms with van der Waals surface area (Å²) in [5.74, 6) is 1.28. The van der Waals surface area contributed by atoms with Crippen LogP contribution in [0.15, 0.2) is 67.3 Å². The molecule has 0 bridgehead atoms. The number of anilines is 1. The molecule has 3 heterocycles. The Hall–Kier alpha value is -3.42. The van der Waals surface area contributed by atoms with Crippen LogP contribution in [0.1, 0.15) is 55.8 Å². The quantitative estimate of drug-likeness (QED) is 0.375. The van der Waals surface area contributed by atoms with Crippen molar-refractivity contribution in [2.24, 2.45) is 0 Å². The van der Waals surface area contributed by atoms with Crippen molar-refractivity contribution >= 4 is 17.5 Å². The highest BCUT2D eigenvalue weighted by Gasteiger charge is 2.17. The second-order valence-electron chi connectivity index (χ2n) is 8.79. The highest BCUT2D eigenvalue weighted by Crippen LogP contribution is 2.25. The second-order valence-corrected chi connectivity index (χ2v) is 8.79. The number of aromatic nitrogens is 4. The summed E-state index contributed by atoms with van der Waals surface area (Å²) in [7, 11) is 0. The SMILES string of the molecule is C=C/C(=C\c1c(COC2CCOCC2)ncnc1NCC(=C)/C=C\C(C)=C\CC)c1ncc(C)cn1. The Bertz CT molecular complexity index is 1110. The Balaban J connectivity index is 1.87. The van der Waals surface area contributed by atoms with Crippen molar-refractivity contribution in [2.45, 2.75) is 52.7 Å². The van der Waals surface area contributed by atoms with Gasteiger partial charge >= 0.3 is 0 Å². The monoisotopic (exact) mass is 487 g/mol. The summed E-state index contributed by atoms with van der Waals surface area (Å²) < 4.78 is 11.6. The van der Waals surface area contributed by atoms with Crippen LogP contribution < -0.4 is 5.32 Å². The van der Waals surface area contributed by atoms with E-state index in [9.17, 15) is 0 Å². The van der Waals surface area contributed by atoms with Crippen molar-refractivity contribution in [3.8, 4) is 0 Å². The number of hydrogen-bond acceptors (Lipinski definition) is 7. The molecule has 2 aromatic heterocycles. The van der Waals surface area contributed by atoms with Gasteiger partial charge in [0, 0.05) is 43.3 Å². The van der Waals surface area contributed by atoms with Gasteiger partial charge in [-0.15, -0.1) is 0 Å². The molecule has 7 nitrogen and oxygen atoms in total. The first-order valence-electron chi connectivity index (χ1n) is 12.4. The molecule has 0 spiro atoms. The minimum absolute atomic E-state index is 0.158. The lowest BCUT2D eigenvalue weighted by Gasteiger charge is -2.22. The zero-order valence-corrected chi connectivity index (χ0v) is 21.7. The molecule has 7 heteroatoms. The number of ether oxygens (including phenoxy) is 2. The smallest absolute Gasteiger partial charge is 0.159 e. The Morgan fingerprint density at radius 3 is 2.61 bits per heavy atom.